The van der Waals surface area contributed by atoms with Gasteiger partial charge >= 0.3 is 0 Å². The molecular formula is C22H19FN4O. The molecule has 2 aromatic carbocycles. The Balaban J connectivity index is 1.69. The van der Waals surface area contributed by atoms with Gasteiger partial charge in [-0.2, -0.15) is 4.98 Å². The first-order chi connectivity index (χ1) is 13.6. The van der Waals surface area contributed by atoms with Crippen molar-refractivity contribution in [3.8, 4) is 22.5 Å². The lowest BCUT2D eigenvalue weighted by atomic mass is 9.98. The van der Waals surface area contributed by atoms with Gasteiger partial charge in [-0.15, -0.1) is 0 Å². The highest BCUT2D eigenvalue weighted by Gasteiger charge is 2.24. The number of aliphatic hydroxyl groups is 1. The van der Waals surface area contributed by atoms with Gasteiger partial charge < -0.3 is 15.8 Å². The average molecular weight is 374 g/mol. The van der Waals surface area contributed by atoms with Crippen LogP contribution < -0.4 is 5.73 Å². The lowest BCUT2D eigenvalue weighted by Crippen LogP contribution is -2.00. The van der Waals surface area contributed by atoms with Gasteiger partial charge in [0.15, 0.2) is 0 Å². The summed E-state index contributed by atoms with van der Waals surface area (Å²) < 4.78 is 13.6. The molecule has 1 saturated carbocycles. The molecule has 1 aliphatic rings. The third kappa shape index (κ3) is 2.92. The fourth-order valence-corrected chi connectivity index (χ4v) is 3.69. The van der Waals surface area contributed by atoms with E-state index < -0.39 is 0 Å². The van der Waals surface area contributed by atoms with E-state index in [-0.39, 0.29) is 18.4 Å². The zero-order valence-corrected chi connectivity index (χ0v) is 15.1. The van der Waals surface area contributed by atoms with Gasteiger partial charge in [0.1, 0.15) is 11.5 Å². The molecule has 28 heavy (non-hydrogen) atoms. The maximum atomic E-state index is 13.6. The second kappa shape index (κ2) is 6.42. The number of nitrogens with two attached hydrogens (primary N) is 1. The number of fused-ring (bicyclic) bond motifs is 1. The zero-order chi connectivity index (χ0) is 19.3. The normalized spacial score (nSPS) is 13.9. The highest BCUT2D eigenvalue weighted by molar-refractivity contribution is 5.95. The number of hydrogen-bond acceptors (Lipinski definition) is 4. The molecule has 6 heteroatoms. The third-order valence-electron chi connectivity index (χ3n) is 5.24. The Morgan fingerprint density at radius 2 is 1.96 bits per heavy atom. The Labute approximate surface area is 161 Å². The van der Waals surface area contributed by atoms with E-state index in [0.29, 0.717) is 22.8 Å². The van der Waals surface area contributed by atoms with E-state index in [4.69, 9.17) is 5.73 Å². The number of aromatic nitrogens is 3. The van der Waals surface area contributed by atoms with E-state index in [1.54, 1.807) is 6.07 Å². The molecule has 2 aromatic heterocycles. The van der Waals surface area contributed by atoms with Gasteiger partial charge in [0.05, 0.1) is 12.3 Å². The van der Waals surface area contributed by atoms with Crippen LogP contribution in [0.3, 0.4) is 0 Å². The molecule has 2 heterocycles. The van der Waals surface area contributed by atoms with Crippen LogP contribution in [-0.2, 0) is 6.61 Å². The van der Waals surface area contributed by atoms with Crippen LogP contribution in [0, 0.1) is 5.82 Å². The first kappa shape index (κ1) is 16.9. The minimum absolute atomic E-state index is 0.0809. The number of aliphatic hydroxyl groups excluding tert-OH is 1. The van der Waals surface area contributed by atoms with Crippen LogP contribution in [0.4, 0.5) is 10.3 Å². The highest BCUT2D eigenvalue weighted by atomic mass is 19.1. The Kier molecular flexibility index (Phi) is 3.87. The minimum atomic E-state index is -0.305. The summed E-state index contributed by atoms with van der Waals surface area (Å²) in [7, 11) is 0. The molecule has 0 bridgehead atoms. The van der Waals surface area contributed by atoms with Crippen molar-refractivity contribution in [1.29, 1.82) is 0 Å². The van der Waals surface area contributed by atoms with Crippen LogP contribution in [-0.4, -0.2) is 20.1 Å². The minimum Gasteiger partial charge on any atom is -0.392 e. The number of nitrogens with one attached hydrogen (secondary N) is 1. The van der Waals surface area contributed by atoms with Crippen LogP contribution in [0.5, 0.6) is 0 Å². The molecule has 0 radical (unpaired) electrons. The summed E-state index contributed by atoms with van der Waals surface area (Å²) in [5.74, 6) is 0.437. The highest BCUT2D eigenvalue weighted by Crippen LogP contribution is 2.42. The maximum absolute atomic E-state index is 13.6. The number of nitrogens with zero attached hydrogens (tertiary/aromatic N) is 2. The molecular weight excluding hydrogens is 355 g/mol. The van der Waals surface area contributed by atoms with Crippen molar-refractivity contribution < 1.29 is 9.50 Å². The molecule has 1 fully saturated rings. The summed E-state index contributed by atoms with van der Waals surface area (Å²) in [5, 5.41) is 10.7. The Morgan fingerprint density at radius 3 is 2.71 bits per heavy atom. The molecule has 5 rings (SSSR count). The molecule has 5 nitrogen and oxygen atoms in total. The van der Waals surface area contributed by atoms with Gasteiger partial charge in [-0.3, -0.25) is 0 Å². The molecule has 0 amide bonds. The summed E-state index contributed by atoms with van der Waals surface area (Å²) in [5.41, 5.74) is 11.5. The van der Waals surface area contributed by atoms with Gasteiger partial charge in [0.2, 0.25) is 5.95 Å². The van der Waals surface area contributed by atoms with E-state index in [2.05, 4.69) is 27.1 Å². The van der Waals surface area contributed by atoms with Crippen molar-refractivity contribution in [3.05, 3.63) is 65.5 Å². The monoisotopic (exact) mass is 374 g/mol. The first-order valence-corrected chi connectivity index (χ1v) is 9.28. The van der Waals surface area contributed by atoms with Gasteiger partial charge in [-0.05, 0) is 48.1 Å². The van der Waals surface area contributed by atoms with Gasteiger partial charge in [-0.1, -0.05) is 30.3 Å². The van der Waals surface area contributed by atoms with Gasteiger partial charge in [0.25, 0.3) is 0 Å². The molecule has 0 spiro atoms. The van der Waals surface area contributed by atoms with Crippen LogP contribution in [0.1, 0.15) is 29.9 Å². The van der Waals surface area contributed by atoms with Crippen LogP contribution in [0.2, 0.25) is 0 Å². The van der Waals surface area contributed by atoms with Crippen molar-refractivity contribution in [2.45, 2.75) is 25.4 Å². The summed E-state index contributed by atoms with van der Waals surface area (Å²) >= 11 is 0. The van der Waals surface area contributed by atoms with Crippen molar-refractivity contribution in [2.75, 3.05) is 5.73 Å². The predicted molar refractivity (Wildman–Crippen MR) is 107 cm³/mol. The largest absolute Gasteiger partial charge is 0.392 e. The van der Waals surface area contributed by atoms with Crippen molar-refractivity contribution >= 4 is 17.0 Å². The van der Waals surface area contributed by atoms with E-state index >= 15 is 0 Å². The van der Waals surface area contributed by atoms with Gasteiger partial charge in [0, 0.05) is 22.2 Å². The van der Waals surface area contributed by atoms with Crippen LogP contribution in [0.25, 0.3) is 33.5 Å². The molecule has 4 aromatic rings. The standard InChI is InChI=1S/C22H19FN4O/c23-16-3-1-2-14(9-16)19-10-18-20(26-22(24)27-21(18)25-19)17-7-6-13(12-4-5-12)8-15(17)11-28/h1-3,6-10,12,28H,4-5,11H2,(H3,24,25,26,27). The number of rotatable bonds is 4. The summed E-state index contributed by atoms with van der Waals surface area (Å²) in [6.45, 7) is -0.0809. The van der Waals surface area contributed by atoms with Gasteiger partial charge in [-0.25, -0.2) is 9.37 Å². The topological polar surface area (TPSA) is 87.8 Å². The number of halogens is 1. The fourth-order valence-electron chi connectivity index (χ4n) is 3.69. The molecule has 140 valence electrons. The molecule has 0 atom stereocenters. The summed E-state index contributed by atoms with van der Waals surface area (Å²) in [4.78, 5) is 12.0. The number of aromatic amines is 1. The fraction of sp³-hybridized carbons (Fsp3) is 0.182. The lowest BCUT2D eigenvalue weighted by molar-refractivity contribution is 0.282. The SMILES string of the molecule is Nc1nc(-c2ccc(C3CC3)cc2CO)c2cc(-c3cccc(F)c3)[nH]c2n1. The Morgan fingerprint density at radius 1 is 1.11 bits per heavy atom. The predicted octanol–water partition coefficient (Wildman–Crippen LogP) is 4.38. The van der Waals surface area contributed by atoms with E-state index in [1.807, 2.05) is 18.2 Å². The Bertz CT molecular complexity index is 1200. The van der Waals surface area contributed by atoms with E-state index in [9.17, 15) is 9.50 Å². The van der Waals surface area contributed by atoms with E-state index in [1.165, 1.54) is 30.5 Å². The number of hydrogen-bond donors (Lipinski definition) is 3. The molecule has 0 unspecified atom stereocenters. The lowest BCUT2D eigenvalue weighted by Gasteiger charge is -2.11. The van der Waals surface area contributed by atoms with Crippen molar-refractivity contribution in [2.24, 2.45) is 0 Å². The second-order valence-electron chi connectivity index (χ2n) is 7.24. The quantitative estimate of drug-likeness (QED) is 0.495. The van der Waals surface area contributed by atoms with Crippen molar-refractivity contribution in [3.63, 3.8) is 0 Å². The summed E-state index contributed by atoms with van der Waals surface area (Å²) in [6, 6.07) is 14.4. The second-order valence-corrected chi connectivity index (χ2v) is 7.24. The number of anilines is 1. The zero-order valence-electron chi connectivity index (χ0n) is 15.1. The smallest absolute Gasteiger partial charge is 0.222 e. The maximum Gasteiger partial charge on any atom is 0.222 e. The Hall–Kier alpha value is -3.25. The summed E-state index contributed by atoms with van der Waals surface area (Å²) in [6.07, 6.45) is 2.40. The van der Waals surface area contributed by atoms with Crippen LogP contribution in [0.15, 0.2) is 48.5 Å². The number of nitrogen functional groups attached to an aromatic ring is 1. The molecule has 0 aliphatic heterocycles. The molecule has 1 aliphatic carbocycles. The van der Waals surface area contributed by atoms with E-state index in [0.717, 1.165) is 22.2 Å². The van der Waals surface area contributed by atoms with Crippen LogP contribution >= 0.6 is 0 Å². The molecule has 0 saturated heterocycles. The number of benzene rings is 2. The first-order valence-electron chi connectivity index (χ1n) is 9.28. The third-order valence-corrected chi connectivity index (χ3v) is 5.24. The number of H-pyrrole nitrogens is 1. The van der Waals surface area contributed by atoms with Crippen molar-refractivity contribution in [1.82, 2.24) is 15.0 Å². The molecule has 4 N–H and O–H groups in total. The average Bonchev–Trinajstić information content (AvgIpc) is 3.46.